The Morgan fingerprint density at radius 3 is 2.62 bits per heavy atom. The van der Waals surface area contributed by atoms with Gasteiger partial charge in [0.1, 0.15) is 0 Å². The van der Waals surface area contributed by atoms with Crippen LogP contribution in [0.15, 0.2) is 54.6 Å². The van der Waals surface area contributed by atoms with E-state index in [1.807, 2.05) is 36.4 Å². The van der Waals surface area contributed by atoms with Crippen LogP contribution in [-0.2, 0) is 22.4 Å². The number of aryl methyl sites for hydroxylation is 2. The van der Waals surface area contributed by atoms with E-state index < -0.39 is 0 Å². The molecule has 0 radical (unpaired) electrons. The minimum atomic E-state index is -0.330. The summed E-state index contributed by atoms with van der Waals surface area (Å²) in [5.74, 6) is -0.231. The summed E-state index contributed by atoms with van der Waals surface area (Å²) in [4.78, 5) is 17.6. The van der Waals surface area contributed by atoms with Gasteiger partial charge in [0, 0.05) is 18.6 Å². The number of hydrogen-bond donors (Lipinski definition) is 1. The predicted octanol–water partition coefficient (Wildman–Crippen LogP) is 3.66. The monoisotopic (exact) mass is 325 g/mol. The molecule has 0 saturated carbocycles. The Kier molecular flexibility index (Phi) is 5.99. The van der Waals surface area contributed by atoms with Crippen LogP contribution < -0.4 is 5.48 Å². The lowest BCUT2D eigenvalue weighted by Crippen LogP contribution is -2.33. The van der Waals surface area contributed by atoms with Crippen LogP contribution in [0.4, 0.5) is 0 Å². The van der Waals surface area contributed by atoms with Gasteiger partial charge >= 0.3 is 0 Å². The van der Waals surface area contributed by atoms with Crippen LogP contribution in [0.3, 0.4) is 0 Å². The number of carbonyl (C=O) groups is 1. The van der Waals surface area contributed by atoms with Gasteiger partial charge in [-0.25, -0.2) is 10.3 Å². The predicted molar refractivity (Wildman–Crippen MR) is 92.4 cm³/mol. The van der Waals surface area contributed by atoms with E-state index >= 15 is 0 Å². The Balaban J connectivity index is 1.52. The van der Waals surface area contributed by atoms with Crippen molar-refractivity contribution < 1.29 is 14.4 Å². The van der Waals surface area contributed by atoms with Gasteiger partial charge < -0.3 is 4.74 Å². The van der Waals surface area contributed by atoms with Crippen molar-refractivity contribution in [1.29, 1.82) is 0 Å². The first kappa shape index (κ1) is 16.7. The SMILES string of the molecule is O=C(NOC1CCCCO1)c1cccc(CCc2ccccc2)c1. The van der Waals surface area contributed by atoms with Crippen molar-refractivity contribution in [2.45, 2.75) is 38.4 Å². The lowest BCUT2D eigenvalue weighted by Gasteiger charge is -2.22. The van der Waals surface area contributed by atoms with Crippen LogP contribution in [0.25, 0.3) is 0 Å². The maximum atomic E-state index is 12.2. The van der Waals surface area contributed by atoms with E-state index in [0.717, 1.165) is 37.7 Å². The fourth-order valence-electron chi connectivity index (χ4n) is 2.78. The van der Waals surface area contributed by atoms with Crippen molar-refractivity contribution in [1.82, 2.24) is 5.48 Å². The minimum absolute atomic E-state index is 0.231. The van der Waals surface area contributed by atoms with Crippen LogP contribution in [0.5, 0.6) is 0 Å². The summed E-state index contributed by atoms with van der Waals surface area (Å²) in [5, 5.41) is 0. The van der Waals surface area contributed by atoms with Gasteiger partial charge in [0.2, 0.25) is 0 Å². The molecule has 1 amide bonds. The molecule has 0 aliphatic carbocycles. The molecule has 2 aromatic carbocycles. The number of carbonyl (C=O) groups excluding carboxylic acids is 1. The molecule has 2 aromatic rings. The van der Waals surface area contributed by atoms with E-state index in [1.165, 1.54) is 5.56 Å². The molecule has 1 unspecified atom stereocenters. The maximum Gasteiger partial charge on any atom is 0.274 e. The number of nitrogens with one attached hydrogen (secondary N) is 1. The second-order valence-corrected chi connectivity index (χ2v) is 6.03. The van der Waals surface area contributed by atoms with Crippen LogP contribution in [0, 0.1) is 0 Å². The third-order valence-electron chi connectivity index (χ3n) is 4.16. The molecule has 1 heterocycles. The molecule has 1 N–H and O–H groups in total. The first-order chi connectivity index (χ1) is 11.8. The highest BCUT2D eigenvalue weighted by Crippen LogP contribution is 2.13. The van der Waals surface area contributed by atoms with E-state index in [4.69, 9.17) is 9.57 Å². The summed E-state index contributed by atoms with van der Waals surface area (Å²) in [7, 11) is 0. The molecule has 126 valence electrons. The Labute approximate surface area is 142 Å². The third-order valence-corrected chi connectivity index (χ3v) is 4.16. The maximum absolute atomic E-state index is 12.2. The molecule has 1 atom stereocenters. The number of ether oxygens (including phenoxy) is 1. The van der Waals surface area contributed by atoms with E-state index in [1.54, 1.807) is 6.07 Å². The summed E-state index contributed by atoms with van der Waals surface area (Å²) in [6.45, 7) is 0.690. The zero-order valence-corrected chi connectivity index (χ0v) is 13.7. The third kappa shape index (κ3) is 4.91. The Morgan fingerprint density at radius 2 is 1.83 bits per heavy atom. The lowest BCUT2D eigenvalue weighted by molar-refractivity contribution is -0.186. The molecular weight excluding hydrogens is 302 g/mol. The van der Waals surface area contributed by atoms with Gasteiger partial charge in [0.15, 0.2) is 6.29 Å². The zero-order valence-electron chi connectivity index (χ0n) is 13.7. The standard InChI is InChI=1S/C20H23NO3/c22-20(21-24-19-11-4-5-14-23-19)18-10-6-9-17(15-18)13-12-16-7-2-1-3-8-16/h1-3,6-10,15,19H,4-5,11-14H2,(H,21,22). The van der Waals surface area contributed by atoms with Gasteiger partial charge in [-0.05, 0) is 48.9 Å². The minimum Gasteiger partial charge on any atom is -0.350 e. The molecule has 24 heavy (non-hydrogen) atoms. The lowest BCUT2D eigenvalue weighted by atomic mass is 10.0. The Bertz CT molecular complexity index is 651. The van der Waals surface area contributed by atoms with Crippen LogP contribution in [0.2, 0.25) is 0 Å². The van der Waals surface area contributed by atoms with Crippen LogP contribution in [-0.4, -0.2) is 18.8 Å². The van der Waals surface area contributed by atoms with Crippen molar-refractivity contribution in [2.24, 2.45) is 0 Å². The molecule has 1 saturated heterocycles. The quantitative estimate of drug-likeness (QED) is 0.825. The number of amides is 1. The zero-order chi connectivity index (χ0) is 16.6. The van der Waals surface area contributed by atoms with Gasteiger partial charge in [-0.3, -0.25) is 4.79 Å². The second kappa shape index (κ2) is 8.62. The smallest absolute Gasteiger partial charge is 0.274 e. The Morgan fingerprint density at radius 1 is 1.04 bits per heavy atom. The van der Waals surface area contributed by atoms with E-state index in [0.29, 0.717) is 12.2 Å². The highest BCUT2D eigenvalue weighted by molar-refractivity contribution is 5.93. The molecule has 1 fully saturated rings. The van der Waals surface area contributed by atoms with Gasteiger partial charge in [-0.2, -0.15) is 0 Å². The summed E-state index contributed by atoms with van der Waals surface area (Å²) < 4.78 is 5.44. The number of hydrogen-bond acceptors (Lipinski definition) is 3. The first-order valence-electron chi connectivity index (χ1n) is 8.52. The molecule has 0 aromatic heterocycles. The van der Waals surface area contributed by atoms with E-state index in [2.05, 4.69) is 17.6 Å². The molecule has 4 heteroatoms. The molecule has 1 aliphatic heterocycles. The molecule has 4 nitrogen and oxygen atoms in total. The highest BCUT2D eigenvalue weighted by atomic mass is 16.8. The molecule has 0 spiro atoms. The first-order valence-corrected chi connectivity index (χ1v) is 8.52. The number of hydroxylamine groups is 1. The second-order valence-electron chi connectivity index (χ2n) is 6.03. The van der Waals surface area contributed by atoms with Gasteiger partial charge in [-0.15, -0.1) is 0 Å². The van der Waals surface area contributed by atoms with E-state index in [-0.39, 0.29) is 12.2 Å². The van der Waals surface area contributed by atoms with Crippen LogP contribution in [0.1, 0.15) is 40.7 Å². The van der Waals surface area contributed by atoms with Gasteiger partial charge in [0.05, 0.1) is 0 Å². The fraction of sp³-hybridized carbons (Fsp3) is 0.350. The molecule has 0 bridgehead atoms. The molecule has 3 rings (SSSR count). The largest absolute Gasteiger partial charge is 0.350 e. The summed E-state index contributed by atoms with van der Waals surface area (Å²) in [5.41, 5.74) is 5.55. The fourth-order valence-corrected chi connectivity index (χ4v) is 2.78. The topological polar surface area (TPSA) is 47.6 Å². The van der Waals surface area contributed by atoms with Gasteiger partial charge in [-0.1, -0.05) is 42.5 Å². The average Bonchev–Trinajstić information content (AvgIpc) is 2.66. The summed E-state index contributed by atoms with van der Waals surface area (Å²) in [6, 6.07) is 18.0. The van der Waals surface area contributed by atoms with Gasteiger partial charge in [0.25, 0.3) is 5.91 Å². The van der Waals surface area contributed by atoms with Crippen molar-refractivity contribution in [3.05, 3.63) is 71.3 Å². The summed E-state index contributed by atoms with van der Waals surface area (Å²) in [6.07, 6.45) is 4.46. The van der Waals surface area contributed by atoms with Crippen molar-refractivity contribution >= 4 is 5.91 Å². The Hall–Kier alpha value is -2.17. The molecular formula is C20H23NO3. The van der Waals surface area contributed by atoms with Crippen molar-refractivity contribution in [2.75, 3.05) is 6.61 Å². The highest BCUT2D eigenvalue weighted by Gasteiger charge is 2.16. The number of benzene rings is 2. The number of rotatable bonds is 6. The van der Waals surface area contributed by atoms with E-state index in [9.17, 15) is 4.79 Å². The average molecular weight is 325 g/mol. The normalized spacial score (nSPS) is 17.4. The van der Waals surface area contributed by atoms with Crippen molar-refractivity contribution in [3.63, 3.8) is 0 Å². The van der Waals surface area contributed by atoms with Crippen molar-refractivity contribution in [3.8, 4) is 0 Å². The van der Waals surface area contributed by atoms with Crippen LogP contribution >= 0.6 is 0 Å². The molecule has 1 aliphatic rings. The summed E-state index contributed by atoms with van der Waals surface area (Å²) >= 11 is 0.